The Morgan fingerprint density at radius 1 is 1.55 bits per heavy atom. The monoisotopic (exact) mass is 278 g/mol. The molecule has 1 aliphatic carbocycles. The lowest BCUT2D eigenvalue weighted by molar-refractivity contribution is 0.282. The Morgan fingerprint density at radius 2 is 2.30 bits per heavy atom. The standard InChI is InChI=1S/C14H22N4O2/c1-10-6-7-16-14(12(10)13(15)17-20)18(8-3-9-19)11-4-2-5-11/h6-7,11,19-20H,2-5,8-9H2,1H3,(H2,15,17). The van der Waals surface area contributed by atoms with Crippen LogP contribution < -0.4 is 10.6 Å². The topological polar surface area (TPSA) is 95.0 Å². The molecule has 6 heteroatoms. The van der Waals surface area contributed by atoms with E-state index in [1.54, 1.807) is 6.20 Å². The number of nitrogens with two attached hydrogens (primary N) is 1. The number of hydrogen-bond acceptors (Lipinski definition) is 5. The molecule has 0 bridgehead atoms. The molecule has 0 amide bonds. The number of aromatic nitrogens is 1. The number of amidine groups is 1. The zero-order valence-corrected chi connectivity index (χ0v) is 11.8. The van der Waals surface area contributed by atoms with Crippen molar-refractivity contribution in [3.05, 3.63) is 23.4 Å². The smallest absolute Gasteiger partial charge is 0.174 e. The van der Waals surface area contributed by atoms with Gasteiger partial charge in [-0.05, 0) is 44.2 Å². The molecule has 6 nitrogen and oxygen atoms in total. The van der Waals surface area contributed by atoms with E-state index in [1.807, 2.05) is 13.0 Å². The number of aryl methyl sites for hydroxylation is 1. The third kappa shape index (κ3) is 2.85. The van der Waals surface area contributed by atoms with Crippen molar-refractivity contribution in [2.45, 2.75) is 38.6 Å². The number of nitrogens with zero attached hydrogens (tertiary/aromatic N) is 3. The Kier molecular flexibility index (Phi) is 4.79. The molecule has 0 saturated heterocycles. The average molecular weight is 278 g/mol. The molecule has 0 unspecified atom stereocenters. The van der Waals surface area contributed by atoms with E-state index in [-0.39, 0.29) is 12.4 Å². The van der Waals surface area contributed by atoms with E-state index in [4.69, 9.17) is 16.0 Å². The summed E-state index contributed by atoms with van der Waals surface area (Å²) < 4.78 is 0. The number of aliphatic hydroxyl groups excluding tert-OH is 1. The Morgan fingerprint density at radius 3 is 2.85 bits per heavy atom. The summed E-state index contributed by atoms with van der Waals surface area (Å²) >= 11 is 0. The maximum Gasteiger partial charge on any atom is 0.174 e. The highest BCUT2D eigenvalue weighted by atomic mass is 16.4. The first-order valence-corrected chi connectivity index (χ1v) is 7.00. The number of rotatable bonds is 6. The molecule has 0 aliphatic heterocycles. The number of anilines is 1. The normalized spacial score (nSPS) is 16.0. The van der Waals surface area contributed by atoms with Crippen LogP contribution >= 0.6 is 0 Å². The highest BCUT2D eigenvalue weighted by Gasteiger charge is 2.28. The molecular weight excluding hydrogens is 256 g/mol. The lowest BCUT2D eigenvalue weighted by atomic mass is 9.90. The second kappa shape index (κ2) is 6.56. The Bertz CT molecular complexity index is 486. The highest BCUT2D eigenvalue weighted by Crippen LogP contribution is 2.31. The lowest BCUT2D eigenvalue weighted by Crippen LogP contribution is -2.43. The van der Waals surface area contributed by atoms with Crippen LogP contribution in [-0.4, -0.2) is 40.3 Å². The van der Waals surface area contributed by atoms with Crippen LogP contribution in [0, 0.1) is 6.92 Å². The van der Waals surface area contributed by atoms with E-state index in [9.17, 15) is 0 Å². The third-order valence-corrected chi connectivity index (χ3v) is 3.85. The first-order valence-electron chi connectivity index (χ1n) is 7.00. The molecule has 20 heavy (non-hydrogen) atoms. The van der Waals surface area contributed by atoms with Crippen LogP contribution in [0.3, 0.4) is 0 Å². The van der Waals surface area contributed by atoms with Gasteiger partial charge in [0, 0.05) is 25.4 Å². The molecule has 1 aliphatic rings. The van der Waals surface area contributed by atoms with Gasteiger partial charge in [0.2, 0.25) is 0 Å². The minimum absolute atomic E-state index is 0.0823. The van der Waals surface area contributed by atoms with Crippen LogP contribution in [-0.2, 0) is 0 Å². The zero-order chi connectivity index (χ0) is 14.5. The van der Waals surface area contributed by atoms with Gasteiger partial charge in [0.25, 0.3) is 0 Å². The molecule has 1 saturated carbocycles. The summed E-state index contributed by atoms with van der Waals surface area (Å²) in [4.78, 5) is 6.62. The van der Waals surface area contributed by atoms with Crippen LogP contribution in [0.1, 0.15) is 36.8 Å². The van der Waals surface area contributed by atoms with E-state index < -0.39 is 0 Å². The number of pyridine rings is 1. The largest absolute Gasteiger partial charge is 0.409 e. The average Bonchev–Trinajstić information content (AvgIpc) is 2.40. The van der Waals surface area contributed by atoms with Crippen molar-refractivity contribution < 1.29 is 10.3 Å². The summed E-state index contributed by atoms with van der Waals surface area (Å²) in [6.07, 6.45) is 5.88. The maximum atomic E-state index is 9.08. The van der Waals surface area contributed by atoms with Crippen molar-refractivity contribution >= 4 is 11.7 Å². The van der Waals surface area contributed by atoms with E-state index >= 15 is 0 Å². The molecule has 1 fully saturated rings. The van der Waals surface area contributed by atoms with Gasteiger partial charge < -0.3 is 20.9 Å². The second-order valence-corrected chi connectivity index (χ2v) is 5.17. The summed E-state index contributed by atoms with van der Waals surface area (Å²) in [5, 5.41) is 21.2. The van der Waals surface area contributed by atoms with Gasteiger partial charge in [-0.1, -0.05) is 5.16 Å². The van der Waals surface area contributed by atoms with Gasteiger partial charge in [-0.15, -0.1) is 0 Å². The van der Waals surface area contributed by atoms with Crippen LogP contribution in [0.5, 0.6) is 0 Å². The van der Waals surface area contributed by atoms with Crippen LogP contribution in [0.25, 0.3) is 0 Å². The van der Waals surface area contributed by atoms with Crippen LogP contribution in [0.4, 0.5) is 5.82 Å². The summed E-state index contributed by atoms with van der Waals surface area (Å²) in [7, 11) is 0. The number of aliphatic hydroxyl groups is 1. The van der Waals surface area contributed by atoms with Gasteiger partial charge in [-0.3, -0.25) is 0 Å². The minimum Gasteiger partial charge on any atom is -0.409 e. The fourth-order valence-corrected chi connectivity index (χ4v) is 2.53. The summed E-state index contributed by atoms with van der Waals surface area (Å²) in [6.45, 7) is 2.79. The van der Waals surface area contributed by atoms with Crippen LogP contribution in [0.2, 0.25) is 0 Å². The van der Waals surface area contributed by atoms with E-state index in [0.717, 1.165) is 30.8 Å². The summed E-state index contributed by atoms with van der Waals surface area (Å²) in [5.74, 6) is 0.831. The van der Waals surface area contributed by atoms with E-state index in [0.29, 0.717) is 18.0 Å². The molecule has 0 atom stereocenters. The minimum atomic E-state index is 0.0823. The molecule has 0 aromatic carbocycles. The fourth-order valence-electron chi connectivity index (χ4n) is 2.53. The van der Waals surface area contributed by atoms with Gasteiger partial charge in [-0.25, -0.2) is 4.98 Å². The zero-order valence-electron chi connectivity index (χ0n) is 11.8. The predicted octanol–water partition coefficient (Wildman–Crippen LogP) is 1.23. The van der Waals surface area contributed by atoms with Gasteiger partial charge in [0.05, 0.1) is 5.56 Å². The SMILES string of the molecule is Cc1ccnc(N(CCCO)C2CCC2)c1/C(N)=N/O. The molecule has 2 rings (SSSR count). The van der Waals surface area contributed by atoms with Crippen molar-refractivity contribution in [1.82, 2.24) is 4.98 Å². The third-order valence-electron chi connectivity index (χ3n) is 3.85. The molecule has 1 heterocycles. The predicted molar refractivity (Wildman–Crippen MR) is 78.2 cm³/mol. The summed E-state index contributed by atoms with van der Waals surface area (Å²) in [5.41, 5.74) is 7.42. The van der Waals surface area contributed by atoms with E-state index in [2.05, 4.69) is 15.0 Å². The maximum absolute atomic E-state index is 9.08. The summed E-state index contributed by atoms with van der Waals surface area (Å²) in [6, 6.07) is 2.28. The van der Waals surface area contributed by atoms with Crippen molar-refractivity contribution in [3.8, 4) is 0 Å². The molecule has 1 aromatic rings. The van der Waals surface area contributed by atoms with Gasteiger partial charge in [0.15, 0.2) is 5.84 Å². The Hall–Kier alpha value is -1.82. The van der Waals surface area contributed by atoms with Crippen molar-refractivity contribution in [2.75, 3.05) is 18.1 Å². The van der Waals surface area contributed by atoms with Gasteiger partial charge in [0.1, 0.15) is 5.82 Å². The lowest BCUT2D eigenvalue weighted by Gasteiger charge is -2.39. The van der Waals surface area contributed by atoms with Crippen LogP contribution in [0.15, 0.2) is 17.4 Å². The Labute approximate surface area is 118 Å². The second-order valence-electron chi connectivity index (χ2n) is 5.17. The quantitative estimate of drug-likeness (QED) is 0.315. The fraction of sp³-hybridized carbons (Fsp3) is 0.571. The first kappa shape index (κ1) is 14.6. The highest BCUT2D eigenvalue weighted by molar-refractivity contribution is 6.02. The number of oxime groups is 1. The van der Waals surface area contributed by atoms with Crippen molar-refractivity contribution in [1.29, 1.82) is 0 Å². The van der Waals surface area contributed by atoms with Crippen molar-refractivity contribution in [3.63, 3.8) is 0 Å². The molecule has 1 aromatic heterocycles. The Balaban J connectivity index is 2.38. The number of hydrogen-bond donors (Lipinski definition) is 3. The molecule has 110 valence electrons. The van der Waals surface area contributed by atoms with Crippen molar-refractivity contribution in [2.24, 2.45) is 10.9 Å². The molecular formula is C14H22N4O2. The van der Waals surface area contributed by atoms with Gasteiger partial charge >= 0.3 is 0 Å². The van der Waals surface area contributed by atoms with E-state index in [1.165, 1.54) is 6.42 Å². The molecule has 4 N–H and O–H groups in total. The molecule has 0 radical (unpaired) electrons. The first-order chi connectivity index (χ1) is 9.69. The van der Waals surface area contributed by atoms with Gasteiger partial charge in [-0.2, -0.15) is 0 Å². The molecule has 0 spiro atoms.